The van der Waals surface area contributed by atoms with Gasteiger partial charge in [0.2, 0.25) is 0 Å². The van der Waals surface area contributed by atoms with E-state index in [4.69, 9.17) is 5.11 Å². The molecule has 0 fully saturated rings. The van der Waals surface area contributed by atoms with Crippen LogP contribution in [0.3, 0.4) is 0 Å². The van der Waals surface area contributed by atoms with E-state index in [2.05, 4.69) is 26.2 Å². The summed E-state index contributed by atoms with van der Waals surface area (Å²) >= 11 is 5.10. The predicted octanol–water partition coefficient (Wildman–Crippen LogP) is 3.22. The highest BCUT2D eigenvalue weighted by atomic mass is 79.9. The monoisotopic (exact) mass is 312 g/mol. The number of carboxylic acid groups (broad SMARTS) is 1. The van der Waals surface area contributed by atoms with E-state index in [9.17, 15) is 4.79 Å². The summed E-state index contributed by atoms with van der Waals surface area (Å²) in [7, 11) is 0. The van der Waals surface area contributed by atoms with E-state index in [-0.39, 0.29) is 5.69 Å². The summed E-state index contributed by atoms with van der Waals surface area (Å²) in [6.07, 6.45) is 1.52. The molecule has 4 nitrogen and oxygen atoms in total. The summed E-state index contributed by atoms with van der Waals surface area (Å²) < 4.78 is 1.07. The van der Waals surface area contributed by atoms with Crippen LogP contribution >= 0.6 is 27.3 Å². The Morgan fingerprint density at radius 1 is 1.47 bits per heavy atom. The number of rotatable bonds is 4. The van der Waals surface area contributed by atoms with E-state index >= 15 is 0 Å². The summed E-state index contributed by atoms with van der Waals surface area (Å²) in [6.45, 7) is 0.687. The van der Waals surface area contributed by atoms with E-state index in [1.807, 2.05) is 11.4 Å². The molecule has 2 aromatic heterocycles. The van der Waals surface area contributed by atoms with Gasteiger partial charge in [-0.15, -0.1) is 11.3 Å². The molecule has 0 saturated carbocycles. The van der Waals surface area contributed by atoms with Crippen molar-refractivity contribution in [2.45, 2.75) is 6.54 Å². The third-order valence-corrected chi connectivity index (χ3v) is 4.05. The zero-order valence-electron chi connectivity index (χ0n) is 8.68. The maximum absolute atomic E-state index is 10.6. The molecule has 6 heteroatoms. The Morgan fingerprint density at radius 2 is 2.29 bits per heavy atom. The summed E-state index contributed by atoms with van der Waals surface area (Å²) in [5.41, 5.74) is 0.850. The average Bonchev–Trinajstić information content (AvgIpc) is 2.73. The van der Waals surface area contributed by atoms with E-state index < -0.39 is 5.97 Å². The van der Waals surface area contributed by atoms with Crippen LogP contribution in [0.1, 0.15) is 15.4 Å². The number of carbonyl (C=O) groups is 1. The average molecular weight is 313 g/mol. The smallest absolute Gasteiger partial charge is 0.354 e. The topological polar surface area (TPSA) is 62.2 Å². The largest absolute Gasteiger partial charge is 0.477 e. The third-order valence-electron chi connectivity index (χ3n) is 2.13. The molecule has 0 atom stereocenters. The van der Waals surface area contributed by atoms with Crippen molar-refractivity contribution in [1.29, 1.82) is 0 Å². The number of hydrogen-bond donors (Lipinski definition) is 2. The fraction of sp³-hybridized carbons (Fsp3) is 0.0909. The molecule has 0 spiro atoms. The number of hydrogen-bond acceptors (Lipinski definition) is 4. The zero-order chi connectivity index (χ0) is 12.3. The molecule has 2 heterocycles. The molecule has 0 aliphatic rings. The molecular weight excluding hydrogens is 304 g/mol. The first-order valence-electron chi connectivity index (χ1n) is 4.82. The Balaban J connectivity index is 2.00. The summed E-state index contributed by atoms with van der Waals surface area (Å²) in [5.74, 6) is -1.02. The Bertz CT molecular complexity index is 525. The quantitative estimate of drug-likeness (QED) is 0.910. The maximum Gasteiger partial charge on any atom is 0.354 e. The fourth-order valence-corrected chi connectivity index (χ4v) is 2.69. The van der Waals surface area contributed by atoms with Gasteiger partial charge in [0.25, 0.3) is 0 Å². The van der Waals surface area contributed by atoms with Crippen LogP contribution in [-0.4, -0.2) is 16.1 Å². The van der Waals surface area contributed by atoms with Crippen molar-refractivity contribution in [2.75, 3.05) is 5.32 Å². The van der Waals surface area contributed by atoms with Crippen molar-refractivity contribution in [2.24, 2.45) is 0 Å². The summed E-state index contributed by atoms with van der Waals surface area (Å²) in [6, 6.07) is 5.18. The predicted molar refractivity (Wildman–Crippen MR) is 70.5 cm³/mol. The van der Waals surface area contributed by atoms with Crippen LogP contribution in [0.4, 0.5) is 5.69 Å². The first-order valence-corrected chi connectivity index (χ1v) is 6.49. The van der Waals surface area contributed by atoms with Gasteiger partial charge >= 0.3 is 5.97 Å². The van der Waals surface area contributed by atoms with Crippen molar-refractivity contribution in [3.05, 3.63) is 44.8 Å². The number of pyridine rings is 1. The normalized spacial score (nSPS) is 10.2. The number of carboxylic acids is 1. The maximum atomic E-state index is 10.6. The lowest BCUT2D eigenvalue weighted by molar-refractivity contribution is 0.0690. The van der Waals surface area contributed by atoms with Crippen LogP contribution < -0.4 is 5.32 Å². The highest BCUT2D eigenvalue weighted by Gasteiger charge is 2.04. The minimum Gasteiger partial charge on any atom is -0.477 e. The first-order chi connectivity index (χ1) is 8.16. The number of aromatic carboxylic acids is 1. The molecule has 2 aromatic rings. The lowest BCUT2D eigenvalue weighted by atomic mass is 10.3. The first kappa shape index (κ1) is 12.1. The van der Waals surface area contributed by atoms with Gasteiger partial charge in [-0.3, -0.25) is 0 Å². The molecule has 0 unspecified atom stereocenters. The minimum atomic E-state index is -1.02. The summed E-state index contributed by atoms with van der Waals surface area (Å²) in [5, 5.41) is 13.9. The number of thiophene rings is 1. The van der Waals surface area contributed by atoms with Gasteiger partial charge in [-0.2, -0.15) is 0 Å². The number of anilines is 1. The molecule has 0 aliphatic carbocycles. The van der Waals surface area contributed by atoms with Gasteiger partial charge in [0.15, 0.2) is 0 Å². The van der Waals surface area contributed by atoms with Crippen molar-refractivity contribution in [3.8, 4) is 0 Å². The minimum absolute atomic E-state index is 0.0489. The number of nitrogens with one attached hydrogen (secondary N) is 1. The molecule has 0 saturated heterocycles. The van der Waals surface area contributed by atoms with Crippen molar-refractivity contribution in [1.82, 2.24) is 4.98 Å². The lowest BCUT2D eigenvalue weighted by Crippen LogP contribution is -2.02. The van der Waals surface area contributed by atoms with Crippen LogP contribution in [0.5, 0.6) is 0 Å². The van der Waals surface area contributed by atoms with Crippen molar-refractivity contribution in [3.63, 3.8) is 0 Å². The highest BCUT2D eigenvalue weighted by molar-refractivity contribution is 9.10. The molecule has 2 N–H and O–H groups in total. The van der Waals surface area contributed by atoms with Crippen molar-refractivity contribution >= 4 is 38.9 Å². The Kier molecular flexibility index (Phi) is 3.75. The van der Waals surface area contributed by atoms with E-state index in [1.165, 1.54) is 17.1 Å². The second kappa shape index (κ2) is 5.29. The van der Waals surface area contributed by atoms with Crippen molar-refractivity contribution < 1.29 is 9.90 Å². The molecule has 0 aromatic carbocycles. The second-order valence-electron chi connectivity index (χ2n) is 3.28. The third kappa shape index (κ3) is 3.04. The van der Waals surface area contributed by atoms with Crippen LogP contribution in [-0.2, 0) is 6.54 Å². The molecule has 2 rings (SSSR count). The van der Waals surface area contributed by atoms with Crippen LogP contribution in [0.15, 0.2) is 34.2 Å². The van der Waals surface area contributed by atoms with Gasteiger partial charge in [0.05, 0.1) is 18.4 Å². The van der Waals surface area contributed by atoms with E-state index in [0.717, 1.165) is 10.2 Å². The molecule has 0 bridgehead atoms. The van der Waals surface area contributed by atoms with Gasteiger partial charge < -0.3 is 10.4 Å². The molecule has 0 aliphatic heterocycles. The number of halogens is 1. The van der Waals surface area contributed by atoms with Gasteiger partial charge in [0.1, 0.15) is 5.69 Å². The highest BCUT2D eigenvalue weighted by Crippen LogP contribution is 2.23. The number of nitrogens with zero attached hydrogens (tertiary/aromatic N) is 1. The van der Waals surface area contributed by atoms with Gasteiger partial charge in [-0.1, -0.05) is 0 Å². The van der Waals surface area contributed by atoms with E-state index in [1.54, 1.807) is 17.4 Å². The SMILES string of the molecule is O=C(O)c1ccc(NCc2sccc2Br)cn1. The van der Waals surface area contributed by atoms with Crippen LogP contribution in [0, 0.1) is 0 Å². The fourth-order valence-electron chi connectivity index (χ4n) is 1.26. The Morgan fingerprint density at radius 3 is 2.82 bits per heavy atom. The Labute approximate surface area is 110 Å². The number of aromatic nitrogens is 1. The van der Waals surface area contributed by atoms with Crippen LogP contribution in [0.2, 0.25) is 0 Å². The summed E-state index contributed by atoms with van der Waals surface area (Å²) in [4.78, 5) is 15.6. The van der Waals surface area contributed by atoms with E-state index in [0.29, 0.717) is 6.54 Å². The second-order valence-corrected chi connectivity index (χ2v) is 5.14. The lowest BCUT2D eigenvalue weighted by Gasteiger charge is -2.05. The molecule has 0 amide bonds. The Hall–Kier alpha value is -1.40. The van der Waals surface area contributed by atoms with Gasteiger partial charge in [-0.25, -0.2) is 9.78 Å². The zero-order valence-corrected chi connectivity index (χ0v) is 11.1. The standard InChI is InChI=1S/C11H9BrN2O2S/c12-8-3-4-17-10(8)6-13-7-1-2-9(11(15)16)14-5-7/h1-5,13H,6H2,(H,15,16). The molecular formula is C11H9BrN2O2S. The molecule has 17 heavy (non-hydrogen) atoms. The molecule has 0 radical (unpaired) electrons. The van der Waals surface area contributed by atoms with Gasteiger partial charge in [-0.05, 0) is 39.5 Å². The van der Waals surface area contributed by atoms with Crippen LogP contribution in [0.25, 0.3) is 0 Å². The molecule has 88 valence electrons. The van der Waals surface area contributed by atoms with Gasteiger partial charge in [0, 0.05) is 9.35 Å².